The Bertz CT molecular complexity index is 1390. The van der Waals surface area contributed by atoms with Crippen molar-refractivity contribution in [2.75, 3.05) is 6.54 Å². The molecule has 1 aliphatic rings. The average molecular weight is 471 g/mol. The Labute approximate surface area is 190 Å². The van der Waals surface area contributed by atoms with Crippen LogP contribution in [0.2, 0.25) is 0 Å². The van der Waals surface area contributed by atoms with E-state index in [1.54, 1.807) is 6.92 Å². The van der Waals surface area contributed by atoms with Gasteiger partial charge in [-0.2, -0.15) is 13.2 Å². The first-order valence-electron chi connectivity index (χ1n) is 9.95. The predicted molar refractivity (Wildman–Crippen MR) is 113 cm³/mol. The van der Waals surface area contributed by atoms with Crippen molar-refractivity contribution in [2.45, 2.75) is 20.0 Å². The second kappa shape index (κ2) is 7.94. The number of carbonyl (C=O) groups is 3. The Morgan fingerprint density at radius 2 is 1.71 bits per heavy atom. The highest BCUT2D eigenvalue weighted by Crippen LogP contribution is 2.33. The zero-order valence-corrected chi connectivity index (χ0v) is 17.8. The van der Waals surface area contributed by atoms with Crippen molar-refractivity contribution >= 4 is 23.3 Å². The van der Waals surface area contributed by atoms with E-state index in [9.17, 15) is 37.7 Å². The van der Waals surface area contributed by atoms with E-state index < -0.39 is 46.5 Å². The smallest absolute Gasteiger partial charge is 0.318 e. The van der Waals surface area contributed by atoms with Gasteiger partial charge in [-0.05, 0) is 44.2 Å². The molecule has 0 N–H and O–H groups in total. The molecule has 8 nitrogen and oxygen atoms in total. The van der Waals surface area contributed by atoms with E-state index in [0.29, 0.717) is 16.3 Å². The van der Waals surface area contributed by atoms with Crippen LogP contribution in [0.25, 0.3) is 5.69 Å². The number of imide groups is 1. The van der Waals surface area contributed by atoms with Gasteiger partial charge in [-0.1, -0.05) is 12.1 Å². The molecule has 2 heterocycles. The molecule has 3 aromatic rings. The summed E-state index contributed by atoms with van der Waals surface area (Å²) in [5.41, 5.74) is -0.823. The highest BCUT2D eigenvalue weighted by atomic mass is 19.4. The van der Waals surface area contributed by atoms with Gasteiger partial charge in [-0.3, -0.25) is 29.4 Å². The molecule has 1 aliphatic heterocycles. The number of benzene rings is 2. The van der Waals surface area contributed by atoms with E-state index in [1.165, 1.54) is 41.8 Å². The Hall–Kier alpha value is -4.28. The van der Waals surface area contributed by atoms with Crippen molar-refractivity contribution in [3.63, 3.8) is 0 Å². The number of amides is 2. The maximum atomic E-state index is 13.1. The van der Waals surface area contributed by atoms with Gasteiger partial charge in [0.1, 0.15) is 5.56 Å². The number of hydrogen-bond donors (Lipinski definition) is 0. The van der Waals surface area contributed by atoms with Crippen LogP contribution in [0.1, 0.15) is 48.0 Å². The molecule has 2 amide bonds. The summed E-state index contributed by atoms with van der Waals surface area (Å²) in [4.78, 5) is 49.6. The number of rotatable bonds is 5. The average Bonchev–Trinajstić information content (AvgIpc) is 3.21. The molecule has 0 atom stereocenters. The van der Waals surface area contributed by atoms with Gasteiger partial charge in [0.25, 0.3) is 17.5 Å². The van der Waals surface area contributed by atoms with Crippen molar-refractivity contribution in [2.24, 2.45) is 0 Å². The molecule has 1 aromatic heterocycles. The number of aryl methyl sites for hydroxylation is 1. The summed E-state index contributed by atoms with van der Waals surface area (Å²) in [6.45, 7) is 2.47. The normalized spacial score (nSPS) is 13.4. The lowest BCUT2D eigenvalue weighted by Crippen LogP contribution is -2.35. The van der Waals surface area contributed by atoms with Gasteiger partial charge in [-0.15, -0.1) is 0 Å². The molecule has 0 spiro atoms. The Balaban J connectivity index is 1.66. The van der Waals surface area contributed by atoms with E-state index >= 15 is 0 Å². The number of carbonyl (C=O) groups excluding carboxylic acids is 3. The predicted octanol–water partition coefficient (Wildman–Crippen LogP) is 4.50. The molecule has 34 heavy (non-hydrogen) atoms. The zero-order valence-electron chi connectivity index (χ0n) is 17.8. The van der Waals surface area contributed by atoms with E-state index in [0.717, 1.165) is 18.2 Å². The number of Topliss-reactive ketones (excluding diaryl/α,β-unsaturated/α-hetero) is 1. The summed E-state index contributed by atoms with van der Waals surface area (Å²) in [6, 6.07) is 9.71. The zero-order chi connectivity index (χ0) is 24.9. The number of nitrogens with zero attached hydrogens (tertiary/aromatic N) is 3. The number of nitro groups is 1. The number of nitro benzene ring substituents is 1. The van der Waals surface area contributed by atoms with Crippen LogP contribution in [0.4, 0.5) is 18.9 Å². The molecule has 2 aromatic carbocycles. The standard InChI is InChI=1S/C23H16F3N3O5/c1-12-9-17(13(2)28(12)15-6-3-5-14(10-15)23(24,25)26)19(30)11-27-21(31)16-7-4-8-18(29(33)34)20(16)22(27)32/h3-10H,11H2,1-2H3. The molecule has 0 aliphatic carbocycles. The van der Waals surface area contributed by atoms with Crippen LogP contribution in [0.5, 0.6) is 0 Å². The number of halogens is 3. The van der Waals surface area contributed by atoms with Crippen molar-refractivity contribution in [1.82, 2.24) is 9.47 Å². The van der Waals surface area contributed by atoms with Crippen molar-refractivity contribution < 1.29 is 32.5 Å². The molecule has 4 rings (SSSR count). The van der Waals surface area contributed by atoms with Crippen LogP contribution in [-0.2, 0) is 6.18 Å². The second-order valence-electron chi connectivity index (χ2n) is 7.74. The van der Waals surface area contributed by atoms with Crippen LogP contribution >= 0.6 is 0 Å². The first-order chi connectivity index (χ1) is 15.9. The van der Waals surface area contributed by atoms with Crippen LogP contribution in [0.3, 0.4) is 0 Å². The molecular weight excluding hydrogens is 455 g/mol. The van der Waals surface area contributed by atoms with Crippen LogP contribution in [0.15, 0.2) is 48.5 Å². The molecule has 0 radical (unpaired) electrons. The second-order valence-corrected chi connectivity index (χ2v) is 7.74. The first kappa shape index (κ1) is 22.9. The molecule has 0 unspecified atom stereocenters. The van der Waals surface area contributed by atoms with Gasteiger partial charge >= 0.3 is 6.18 Å². The summed E-state index contributed by atoms with van der Waals surface area (Å²) >= 11 is 0. The quantitative estimate of drug-likeness (QED) is 0.236. The number of hydrogen-bond acceptors (Lipinski definition) is 5. The van der Waals surface area contributed by atoms with Gasteiger partial charge in [0.15, 0.2) is 5.78 Å². The van der Waals surface area contributed by atoms with Crippen LogP contribution < -0.4 is 0 Å². The number of ketones is 1. The van der Waals surface area contributed by atoms with Crippen molar-refractivity contribution in [1.29, 1.82) is 0 Å². The third-order valence-corrected chi connectivity index (χ3v) is 5.64. The van der Waals surface area contributed by atoms with Crippen LogP contribution in [0, 0.1) is 24.0 Å². The number of alkyl halides is 3. The monoisotopic (exact) mass is 471 g/mol. The highest BCUT2D eigenvalue weighted by molar-refractivity contribution is 6.24. The number of fused-ring (bicyclic) bond motifs is 1. The highest BCUT2D eigenvalue weighted by Gasteiger charge is 2.42. The van der Waals surface area contributed by atoms with Gasteiger partial charge in [-0.25, -0.2) is 0 Å². The Morgan fingerprint density at radius 3 is 2.35 bits per heavy atom. The molecule has 0 saturated carbocycles. The topological polar surface area (TPSA) is 103 Å². The van der Waals surface area contributed by atoms with E-state index in [2.05, 4.69) is 0 Å². The Morgan fingerprint density at radius 1 is 1.03 bits per heavy atom. The Kier molecular flexibility index (Phi) is 5.35. The largest absolute Gasteiger partial charge is 0.416 e. The van der Waals surface area contributed by atoms with E-state index in [-0.39, 0.29) is 22.4 Å². The third kappa shape index (κ3) is 3.64. The van der Waals surface area contributed by atoms with E-state index in [4.69, 9.17) is 0 Å². The van der Waals surface area contributed by atoms with Gasteiger partial charge in [0.05, 0.1) is 22.6 Å². The van der Waals surface area contributed by atoms with Gasteiger partial charge in [0, 0.05) is 28.7 Å². The fourth-order valence-corrected chi connectivity index (χ4v) is 4.10. The minimum absolute atomic E-state index is 0.112. The van der Waals surface area contributed by atoms with Crippen molar-refractivity contribution in [3.05, 3.63) is 92.3 Å². The molecule has 0 saturated heterocycles. The third-order valence-electron chi connectivity index (χ3n) is 5.64. The number of aromatic nitrogens is 1. The molecule has 174 valence electrons. The lowest BCUT2D eigenvalue weighted by atomic mass is 10.1. The fourth-order valence-electron chi connectivity index (χ4n) is 4.10. The molecule has 11 heteroatoms. The molecule has 0 fully saturated rings. The lowest BCUT2D eigenvalue weighted by molar-refractivity contribution is -0.385. The summed E-state index contributed by atoms with van der Waals surface area (Å²) in [5, 5.41) is 11.3. The summed E-state index contributed by atoms with van der Waals surface area (Å²) in [7, 11) is 0. The lowest BCUT2D eigenvalue weighted by Gasteiger charge is -2.14. The maximum absolute atomic E-state index is 13.1. The summed E-state index contributed by atoms with van der Waals surface area (Å²) < 4.78 is 40.9. The van der Waals surface area contributed by atoms with Crippen molar-refractivity contribution in [3.8, 4) is 5.69 Å². The minimum atomic E-state index is -4.54. The first-order valence-corrected chi connectivity index (χ1v) is 9.95. The minimum Gasteiger partial charge on any atom is -0.318 e. The van der Waals surface area contributed by atoms with Crippen LogP contribution in [-0.4, -0.2) is 38.5 Å². The summed E-state index contributed by atoms with van der Waals surface area (Å²) in [6.07, 6.45) is -4.54. The molecular formula is C23H16F3N3O5. The SMILES string of the molecule is Cc1cc(C(=O)CN2C(=O)c3cccc([N+](=O)[O-])c3C2=O)c(C)n1-c1cccc(C(F)(F)F)c1. The fraction of sp³-hybridized carbons (Fsp3) is 0.174. The molecule has 0 bridgehead atoms. The maximum Gasteiger partial charge on any atom is 0.416 e. The van der Waals surface area contributed by atoms with Gasteiger partial charge < -0.3 is 4.57 Å². The van der Waals surface area contributed by atoms with E-state index in [1.807, 2.05) is 0 Å². The van der Waals surface area contributed by atoms with Gasteiger partial charge in [0.2, 0.25) is 0 Å². The summed E-state index contributed by atoms with van der Waals surface area (Å²) in [5.74, 6) is -2.42.